The SMILES string of the molecule is CCOCCn1c(=NC(=O)c2ccc(S(=O)(=O)N3CC(C)CC(C)C3)cc2)sc2ccc(Cl)c(C)c21. The van der Waals surface area contributed by atoms with Gasteiger partial charge in [-0.05, 0) is 74.1 Å². The average molecular weight is 550 g/mol. The maximum absolute atomic E-state index is 13.2. The third kappa shape index (κ3) is 5.60. The molecule has 3 aromatic rings. The van der Waals surface area contributed by atoms with E-state index in [-0.39, 0.29) is 4.90 Å². The number of piperidine rings is 1. The Morgan fingerprint density at radius 3 is 2.44 bits per heavy atom. The molecule has 0 spiro atoms. The van der Waals surface area contributed by atoms with Gasteiger partial charge in [0.2, 0.25) is 10.0 Å². The minimum atomic E-state index is -3.61. The summed E-state index contributed by atoms with van der Waals surface area (Å²) in [5, 5.41) is 0.651. The first-order valence-corrected chi connectivity index (χ1v) is 14.8. The first kappa shape index (κ1) is 27.0. The molecule has 0 saturated carbocycles. The molecule has 1 aliphatic heterocycles. The summed E-state index contributed by atoms with van der Waals surface area (Å²) in [6, 6.07) is 9.85. The Balaban J connectivity index is 1.65. The maximum Gasteiger partial charge on any atom is 0.279 e. The molecular weight excluding hydrogens is 518 g/mol. The van der Waals surface area contributed by atoms with E-state index in [4.69, 9.17) is 16.3 Å². The molecule has 10 heteroatoms. The number of hydrogen-bond acceptors (Lipinski definition) is 5. The van der Waals surface area contributed by atoms with Crippen LogP contribution in [0.5, 0.6) is 0 Å². The van der Waals surface area contributed by atoms with E-state index in [9.17, 15) is 13.2 Å². The van der Waals surface area contributed by atoms with Gasteiger partial charge >= 0.3 is 0 Å². The fraction of sp³-hybridized carbons (Fsp3) is 0.462. The molecule has 2 heterocycles. The zero-order valence-corrected chi connectivity index (χ0v) is 23.4. The molecule has 7 nitrogen and oxygen atoms in total. The van der Waals surface area contributed by atoms with Gasteiger partial charge in [0.1, 0.15) is 0 Å². The summed E-state index contributed by atoms with van der Waals surface area (Å²) in [6.07, 6.45) is 1.02. The topological polar surface area (TPSA) is 81.0 Å². The minimum absolute atomic E-state index is 0.194. The molecule has 2 aromatic carbocycles. The lowest BCUT2D eigenvalue weighted by Gasteiger charge is -2.34. The van der Waals surface area contributed by atoms with Crippen molar-refractivity contribution in [3.63, 3.8) is 0 Å². The number of amides is 1. The van der Waals surface area contributed by atoms with E-state index < -0.39 is 15.9 Å². The predicted molar refractivity (Wildman–Crippen MR) is 144 cm³/mol. The molecular formula is C26H32ClN3O4S2. The average Bonchev–Trinajstić information content (AvgIpc) is 3.18. The number of carbonyl (C=O) groups excluding carboxylic acids is 1. The number of benzene rings is 2. The van der Waals surface area contributed by atoms with Crippen LogP contribution in [0.4, 0.5) is 0 Å². The Morgan fingerprint density at radius 1 is 1.14 bits per heavy atom. The van der Waals surface area contributed by atoms with E-state index in [1.807, 2.05) is 30.5 Å². The number of sulfonamides is 1. The van der Waals surface area contributed by atoms with Crippen LogP contribution in [0.3, 0.4) is 0 Å². The molecule has 2 unspecified atom stereocenters. The smallest absolute Gasteiger partial charge is 0.279 e. The summed E-state index contributed by atoms with van der Waals surface area (Å²) in [4.78, 5) is 18.2. The lowest BCUT2D eigenvalue weighted by atomic mass is 9.94. The zero-order chi connectivity index (χ0) is 26.0. The number of ether oxygens (including phenoxy) is 1. The lowest BCUT2D eigenvalue weighted by molar-refractivity contribution is 0.0996. The number of thiazole rings is 1. The molecule has 4 rings (SSSR count). The third-order valence-corrected chi connectivity index (χ3v) is 9.76. The van der Waals surface area contributed by atoms with Crippen molar-refractivity contribution in [3.05, 3.63) is 57.3 Å². The van der Waals surface area contributed by atoms with Crippen LogP contribution in [-0.4, -0.2) is 49.5 Å². The molecule has 1 fully saturated rings. The molecule has 0 aliphatic carbocycles. The maximum atomic E-state index is 13.2. The number of aromatic nitrogens is 1. The lowest BCUT2D eigenvalue weighted by Crippen LogP contribution is -2.42. The summed E-state index contributed by atoms with van der Waals surface area (Å²) in [5.74, 6) is 0.203. The second kappa shape index (κ2) is 11.1. The van der Waals surface area contributed by atoms with Crippen LogP contribution in [-0.2, 0) is 21.3 Å². The van der Waals surface area contributed by atoms with Crippen molar-refractivity contribution in [2.45, 2.75) is 45.6 Å². The van der Waals surface area contributed by atoms with Crippen molar-refractivity contribution in [1.29, 1.82) is 0 Å². The predicted octanol–water partition coefficient (Wildman–Crippen LogP) is 5.11. The van der Waals surface area contributed by atoms with Crippen molar-refractivity contribution in [1.82, 2.24) is 8.87 Å². The molecule has 36 heavy (non-hydrogen) atoms. The van der Waals surface area contributed by atoms with Gasteiger partial charge in [0, 0.05) is 36.8 Å². The van der Waals surface area contributed by atoms with Crippen LogP contribution in [0.2, 0.25) is 5.02 Å². The number of aryl methyl sites for hydroxylation is 1. The Morgan fingerprint density at radius 2 is 1.81 bits per heavy atom. The van der Waals surface area contributed by atoms with E-state index in [2.05, 4.69) is 18.8 Å². The van der Waals surface area contributed by atoms with Crippen molar-refractivity contribution >= 4 is 49.1 Å². The van der Waals surface area contributed by atoms with Gasteiger partial charge in [0.05, 0.1) is 21.7 Å². The highest BCUT2D eigenvalue weighted by molar-refractivity contribution is 7.89. The van der Waals surface area contributed by atoms with Crippen LogP contribution < -0.4 is 4.80 Å². The van der Waals surface area contributed by atoms with Gasteiger partial charge in [-0.2, -0.15) is 9.30 Å². The molecule has 1 saturated heterocycles. The standard InChI is InChI=1S/C26H32ClN3O4S2/c1-5-34-13-12-30-24-19(4)22(27)10-11-23(24)35-26(30)28-25(31)20-6-8-21(9-7-20)36(32,33)29-15-17(2)14-18(3)16-29/h6-11,17-18H,5,12-16H2,1-4H3. The van der Waals surface area contributed by atoms with Gasteiger partial charge in [0.25, 0.3) is 5.91 Å². The Bertz CT molecular complexity index is 1420. The second-order valence-corrected chi connectivity index (χ2v) is 12.8. The zero-order valence-electron chi connectivity index (χ0n) is 21.0. The molecule has 1 aliphatic rings. The number of carbonyl (C=O) groups is 1. The summed E-state index contributed by atoms with van der Waals surface area (Å²) in [5.41, 5.74) is 2.19. The van der Waals surface area contributed by atoms with E-state index in [0.717, 1.165) is 22.2 Å². The molecule has 1 aromatic heterocycles. The van der Waals surface area contributed by atoms with Crippen molar-refractivity contribution in [2.24, 2.45) is 16.8 Å². The molecule has 0 bridgehead atoms. The van der Waals surface area contributed by atoms with Crippen LogP contribution in [0.15, 0.2) is 46.3 Å². The van der Waals surface area contributed by atoms with Crippen LogP contribution in [0.25, 0.3) is 10.2 Å². The molecule has 194 valence electrons. The van der Waals surface area contributed by atoms with Gasteiger partial charge in [0.15, 0.2) is 4.80 Å². The van der Waals surface area contributed by atoms with Crippen LogP contribution >= 0.6 is 22.9 Å². The number of rotatable bonds is 7. The number of halogens is 1. The summed E-state index contributed by atoms with van der Waals surface area (Å²) in [7, 11) is -3.61. The minimum Gasteiger partial charge on any atom is -0.380 e. The van der Waals surface area contributed by atoms with E-state index in [0.29, 0.717) is 60.1 Å². The molecule has 0 N–H and O–H groups in total. The molecule has 1 amide bonds. The quantitative estimate of drug-likeness (QED) is 0.384. The fourth-order valence-corrected chi connectivity index (χ4v) is 7.73. The monoisotopic (exact) mass is 549 g/mol. The highest BCUT2D eigenvalue weighted by atomic mass is 35.5. The van der Waals surface area contributed by atoms with Gasteiger partial charge in [-0.25, -0.2) is 8.42 Å². The van der Waals surface area contributed by atoms with Gasteiger partial charge in [-0.15, -0.1) is 0 Å². The summed E-state index contributed by atoms with van der Waals surface area (Å²) in [6.45, 7) is 10.7. The van der Waals surface area contributed by atoms with E-state index in [1.54, 1.807) is 4.31 Å². The Kier molecular flexibility index (Phi) is 8.36. The summed E-state index contributed by atoms with van der Waals surface area (Å²) >= 11 is 7.78. The fourth-order valence-electron chi connectivity index (χ4n) is 4.78. The van der Waals surface area contributed by atoms with Crippen molar-refractivity contribution in [2.75, 3.05) is 26.3 Å². The number of nitrogens with zero attached hydrogens (tertiary/aromatic N) is 3. The normalized spacial score (nSPS) is 19.8. The van der Waals surface area contributed by atoms with Gasteiger partial charge in [-0.1, -0.05) is 36.8 Å². The first-order valence-electron chi connectivity index (χ1n) is 12.2. The van der Waals surface area contributed by atoms with Gasteiger partial charge < -0.3 is 9.30 Å². The third-order valence-electron chi connectivity index (χ3n) is 6.46. The number of hydrogen-bond donors (Lipinski definition) is 0. The van der Waals surface area contributed by atoms with Crippen LogP contribution in [0.1, 0.15) is 43.1 Å². The Labute approximate surface area is 221 Å². The summed E-state index contributed by atoms with van der Waals surface area (Å²) < 4.78 is 36.4. The molecule has 2 atom stereocenters. The van der Waals surface area contributed by atoms with Crippen molar-refractivity contribution < 1.29 is 17.9 Å². The Hall–Kier alpha value is -2.04. The highest BCUT2D eigenvalue weighted by Gasteiger charge is 2.31. The number of fused-ring (bicyclic) bond motifs is 1. The largest absolute Gasteiger partial charge is 0.380 e. The van der Waals surface area contributed by atoms with Gasteiger partial charge in [-0.3, -0.25) is 4.79 Å². The van der Waals surface area contributed by atoms with Crippen LogP contribution in [0, 0.1) is 18.8 Å². The second-order valence-electron chi connectivity index (χ2n) is 9.46. The molecule has 0 radical (unpaired) electrons. The first-order chi connectivity index (χ1) is 17.1. The van der Waals surface area contributed by atoms with E-state index in [1.165, 1.54) is 35.6 Å². The highest BCUT2D eigenvalue weighted by Crippen LogP contribution is 2.28. The van der Waals surface area contributed by atoms with Crippen molar-refractivity contribution in [3.8, 4) is 0 Å². The van der Waals surface area contributed by atoms with E-state index >= 15 is 0 Å².